The number of fused-ring (bicyclic) bond motifs is 3. The third-order valence-electron chi connectivity index (χ3n) is 8.07. The average molecular weight is 452 g/mol. The molecule has 1 saturated carbocycles. The SMILES string of the molecule is Cc1nc(Sc2ccnc3c2OCC2CC(C)CN32)cnc1N1CCC2(CCCC2)CC1. The fourth-order valence-corrected chi connectivity index (χ4v) is 7.22. The van der Waals surface area contributed by atoms with Crippen molar-refractivity contribution in [3.63, 3.8) is 0 Å². The number of hydrogen-bond donors (Lipinski definition) is 0. The Bertz CT molecular complexity index is 998. The molecule has 2 aromatic rings. The van der Waals surface area contributed by atoms with Gasteiger partial charge in [-0.05, 0) is 56.4 Å². The maximum absolute atomic E-state index is 6.20. The van der Waals surface area contributed by atoms with Crippen LogP contribution in [0.25, 0.3) is 0 Å². The van der Waals surface area contributed by atoms with Gasteiger partial charge in [0.05, 0.1) is 22.8 Å². The van der Waals surface area contributed by atoms with Crippen molar-refractivity contribution in [3.05, 3.63) is 24.2 Å². The minimum atomic E-state index is 0.458. The van der Waals surface area contributed by atoms with Crippen LogP contribution in [0, 0.1) is 18.3 Å². The Morgan fingerprint density at radius 2 is 1.91 bits per heavy atom. The Morgan fingerprint density at radius 1 is 1.09 bits per heavy atom. The van der Waals surface area contributed by atoms with Crippen LogP contribution in [0.2, 0.25) is 0 Å². The topological polar surface area (TPSA) is 54.4 Å². The summed E-state index contributed by atoms with van der Waals surface area (Å²) in [4.78, 5) is 20.4. The molecule has 1 spiro atoms. The Hall–Kier alpha value is -2.02. The van der Waals surface area contributed by atoms with Crippen LogP contribution in [0.5, 0.6) is 5.75 Å². The second-order valence-electron chi connectivity index (χ2n) is 10.3. The molecule has 2 atom stereocenters. The molecule has 6 rings (SSSR count). The minimum Gasteiger partial charge on any atom is -0.486 e. The lowest BCUT2D eigenvalue weighted by molar-refractivity contribution is 0.226. The van der Waals surface area contributed by atoms with Crippen LogP contribution >= 0.6 is 11.8 Å². The summed E-state index contributed by atoms with van der Waals surface area (Å²) in [6, 6.07) is 2.50. The number of hydrogen-bond acceptors (Lipinski definition) is 7. The number of piperidine rings is 1. The van der Waals surface area contributed by atoms with E-state index >= 15 is 0 Å². The number of ether oxygens (including phenoxy) is 1. The fraction of sp³-hybridized carbons (Fsp3) is 0.640. The molecule has 2 saturated heterocycles. The predicted octanol–water partition coefficient (Wildman–Crippen LogP) is 5.10. The van der Waals surface area contributed by atoms with Gasteiger partial charge in [0.1, 0.15) is 17.5 Å². The summed E-state index contributed by atoms with van der Waals surface area (Å²) < 4.78 is 6.20. The summed E-state index contributed by atoms with van der Waals surface area (Å²) in [7, 11) is 0. The number of aromatic nitrogens is 3. The molecule has 2 aromatic heterocycles. The normalized spacial score (nSPS) is 26.2. The fourth-order valence-electron chi connectivity index (χ4n) is 6.33. The zero-order valence-electron chi connectivity index (χ0n) is 19.2. The highest BCUT2D eigenvalue weighted by atomic mass is 32.2. The Morgan fingerprint density at radius 3 is 2.69 bits per heavy atom. The van der Waals surface area contributed by atoms with Gasteiger partial charge in [-0.25, -0.2) is 15.0 Å². The molecule has 170 valence electrons. The summed E-state index contributed by atoms with van der Waals surface area (Å²) in [5.41, 5.74) is 1.65. The molecule has 5 heterocycles. The van der Waals surface area contributed by atoms with Crippen LogP contribution in [0.4, 0.5) is 11.6 Å². The molecule has 1 aliphatic carbocycles. The van der Waals surface area contributed by atoms with Crippen molar-refractivity contribution in [3.8, 4) is 5.75 Å². The van der Waals surface area contributed by atoms with Crippen LogP contribution in [0.15, 0.2) is 28.4 Å². The van der Waals surface area contributed by atoms with Gasteiger partial charge in [-0.1, -0.05) is 31.5 Å². The van der Waals surface area contributed by atoms with Crippen LogP contribution < -0.4 is 14.5 Å². The molecule has 6 nitrogen and oxygen atoms in total. The van der Waals surface area contributed by atoms with Crippen LogP contribution in [0.3, 0.4) is 0 Å². The van der Waals surface area contributed by atoms with E-state index in [-0.39, 0.29) is 0 Å². The molecule has 2 unspecified atom stereocenters. The molecule has 0 amide bonds. The monoisotopic (exact) mass is 451 g/mol. The number of rotatable bonds is 3. The molecule has 0 bridgehead atoms. The lowest BCUT2D eigenvalue weighted by atomic mass is 9.77. The largest absolute Gasteiger partial charge is 0.486 e. The van der Waals surface area contributed by atoms with Crippen molar-refractivity contribution in [2.75, 3.05) is 36.0 Å². The van der Waals surface area contributed by atoms with E-state index in [0.29, 0.717) is 17.4 Å². The first-order valence-corrected chi connectivity index (χ1v) is 13.1. The van der Waals surface area contributed by atoms with Gasteiger partial charge in [-0.3, -0.25) is 0 Å². The first-order valence-electron chi connectivity index (χ1n) is 12.3. The molecule has 3 aliphatic heterocycles. The van der Waals surface area contributed by atoms with E-state index in [9.17, 15) is 0 Å². The first-order chi connectivity index (χ1) is 15.6. The lowest BCUT2D eigenvalue weighted by Crippen LogP contribution is -2.39. The first kappa shape index (κ1) is 20.6. The Labute approximate surface area is 195 Å². The van der Waals surface area contributed by atoms with Gasteiger partial charge in [0, 0.05) is 25.8 Å². The van der Waals surface area contributed by atoms with Crippen molar-refractivity contribution in [1.82, 2.24) is 15.0 Å². The van der Waals surface area contributed by atoms with Crippen molar-refractivity contribution >= 4 is 23.4 Å². The Kier molecular flexibility index (Phi) is 5.20. The van der Waals surface area contributed by atoms with Gasteiger partial charge in [0.2, 0.25) is 0 Å². The zero-order valence-corrected chi connectivity index (χ0v) is 20.0. The van der Waals surface area contributed by atoms with Crippen molar-refractivity contribution in [1.29, 1.82) is 0 Å². The summed E-state index contributed by atoms with van der Waals surface area (Å²) >= 11 is 1.64. The number of anilines is 2. The summed E-state index contributed by atoms with van der Waals surface area (Å²) in [6.45, 7) is 8.45. The summed E-state index contributed by atoms with van der Waals surface area (Å²) in [5.74, 6) is 3.64. The van der Waals surface area contributed by atoms with Crippen LogP contribution in [-0.4, -0.2) is 47.2 Å². The maximum atomic E-state index is 6.20. The van der Waals surface area contributed by atoms with Gasteiger partial charge >= 0.3 is 0 Å². The highest BCUT2D eigenvalue weighted by molar-refractivity contribution is 7.99. The summed E-state index contributed by atoms with van der Waals surface area (Å²) in [5, 5.41) is 0.921. The van der Waals surface area contributed by atoms with E-state index in [4.69, 9.17) is 14.7 Å². The molecule has 32 heavy (non-hydrogen) atoms. The standard InChI is InChI=1S/C25H33N5OS/c1-17-13-19-16-31-22-20(5-10-26-24(22)30(19)15-17)32-21-14-27-23(18(2)28-21)29-11-8-25(9-12-29)6-3-4-7-25/h5,10,14,17,19H,3-4,6-9,11-13,15-16H2,1-2H3. The van der Waals surface area contributed by atoms with Crippen molar-refractivity contribution in [2.24, 2.45) is 11.3 Å². The lowest BCUT2D eigenvalue weighted by Gasteiger charge is -2.40. The van der Waals surface area contributed by atoms with E-state index in [1.807, 2.05) is 18.5 Å². The van der Waals surface area contributed by atoms with Crippen molar-refractivity contribution < 1.29 is 4.74 Å². The molecule has 7 heteroatoms. The van der Waals surface area contributed by atoms with Gasteiger partial charge < -0.3 is 14.5 Å². The molecule has 0 N–H and O–H groups in total. The molecular weight excluding hydrogens is 418 g/mol. The number of nitrogens with zero attached hydrogens (tertiary/aromatic N) is 5. The van der Waals surface area contributed by atoms with E-state index in [1.165, 1.54) is 44.9 Å². The third-order valence-corrected chi connectivity index (χ3v) is 9.01. The van der Waals surface area contributed by atoms with E-state index < -0.39 is 0 Å². The number of pyridine rings is 1. The van der Waals surface area contributed by atoms with E-state index in [1.54, 1.807) is 11.8 Å². The van der Waals surface area contributed by atoms with E-state index in [0.717, 1.165) is 59.2 Å². The van der Waals surface area contributed by atoms with Gasteiger partial charge in [-0.2, -0.15) is 0 Å². The van der Waals surface area contributed by atoms with Gasteiger partial charge in [0.25, 0.3) is 0 Å². The number of aryl methyl sites for hydroxylation is 1. The minimum absolute atomic E-state index is 0.458. The second kappa shape index (κ2) is 8.08. The van der Waals surface area contributed by atoms with Crippen LogP contribution in [0.1, 0.15) is 57.6 Å². The van der Waals surface area contributed by atoms with Crippen LogP contribution in [-0.2, 0) is 0 Å². The molecule has 3 fully saturated rings. The van der Waals surface area contributed by atoms with Crippen molar-refractivity contribution in [2.45, 2.75) is 74.8 Å². The smallest absolute Gasteiger partial charge is 0.175 e. The highest BCUT2D eigenvalue weighted by Gasteiger charge is 2.38. The highest BCUT2D eigenvalue weighted by Crippen LogP contribution is 2.47. The molecule has 0 radical (unpaired) electrons. The van der Waals surface area contributed by atoms with E-state index in [2.05, 4.69) is 28.6 Å². The Balaban J connectivity index is 1.19. The zero-order chi connectivity index (χ0) is 21.7. The molecule has 4 aliphatic rings. The molecule has 0 aromatic carbocycles. The second-order valence-corrected chi connectivity index (χ2v) is 11.4. The molecular formula is C25H33N5OS. The third kappa shape index (κ3) is 3.62. The predicted molar refractivity (Wildman–Crippen MR) is 128 cm³/mol. The summed E-state index contributed by atoms with van der Waals surface area (Å²) in [6.07, 6.45) is 13.3. The van der Waals surface area contributed by atoms with Gasteiger partial charge in [0.15, 0.2) is 11.6 Å². The quantitative estimate of drug-likeness (QED) is 0.643. The maximum Gasteiger partial charge on any atom is 0.175 e. The van der Waals surface area contributed by atoms with Gasteiger partial charge in [-0.15, -0.1) is 0 Å². The average Bonchev–Trinajstić information content (AvgIpc) is 3.41.